The zero-order valence-corrected chi connectivity index (χ0v) is 18.5. The van der Waals surface area contributed by atoms with Gasteiger partial charge in [0.05, 0.1) is 0 Å². The lowest BCUT2D eigenvalue weighted by Crippen LogP contribution is -2.50. The smallest absolute Gasteiger partial charge is 0.276 e. The van der Waals surface area contributed by atoms with Crippen LogP contribution in [0.1, 0.15) is 18.1 Å². The van der Waals surface area contributed by atoms with Crippen molar-refractivity contribution in [2.45, 2.75) is 20.3 Å². The van der Waals surface area contributed by atoms with Crippen LogP contribution in [0.2, 0.25) is 0 Å². The van der Waals surface area contributed by atoms with Crippen LogP contribution >= 0.6 is 28.1 Å². The first-order valence-corrected chi connectivity index (χ1v) is 10.1. The van der Waals surface area contributed by atoms with E-state index in [0.717, 1.165) is 16.5 Å². The quantitative estimate of drug-likeness (QED) is 0.417. The maximum Gasteiger partial charge on any atom is 0.276 e. The molecular formula is C20H22BrN3O4S. The Morgan fingerprint density at radius 3 is 2.34 bits per heavy atom. The molecule has 2 amide bonds. The van der Waals surface area contributed by atoms with Crippen molar-refractivity contribution in [1.29, 1.82) is 0 Å². The number of carbonyl (C=O) groups excluding carboxylic acids is 2. The topological polar surface area (TPSA) is 88.7 Å². The molecule has 0 saturated heterocycles. The van der Waals surface area contributed by atoms with Crippen molar-refractivity contribution >= 4 is 45.1 Å². The number of nitrogens with one attached hydrogen (secondary N) is 3. The van der Waals surface area contributed by atoms with Gasteiger partial charge < -0.3 is 9.47 Å². The molecule has 0 fully saturated rings. The van der Waals surface area contributed by atoms with Gasteiger partial charge in [0.25, 0.3) is 11.8 Å². The normalized spacial score (nSPS) is 10.0. The molecule has 2 aromatic carbocycles. The lowest BCUT2D eigenvalue weighted by Gasteiger charge is -2.12. The number of halogens is 1. The summed E-state index contributed by atoms with van der Waals surface area (Å²) in [5, 5.41) is 2.37. The lowest BCUT2D eigenvalue weighted by molar-refractivity contribution is -0.124. The minimum atomic E-state index is -0.452. The first kappa shape index (κ1) is 22.6. The number of rotatable bonds is 7. The second kappa shape index (κ2) is 11.4. The molecule has 0 aliphatic carbocycles. The van der Waals surface area contributed by atoms with Crippen LogP contribution in [0.4, 0.5) is 0 Å². The molecule has 2 aromatic rings. The fourth-order valence-electron chi connectivity index (χ4n) is 2.24. The molecule has 9 heteroatoms. The van der Waals surface area contributed by atoms with Gasteiger partial charge in [-0.2, -0.15) is 0 Å². The summed E-state index contributed by atoms with van der Waals surface area (Å²) in [7, 11) is 0. The molecule has 0 atom stereocenters. The van der Waals surface area contributed by atoms with Crippen molar-refractivity contribution in [1.82, 2.24) is 16.2 Å². The molecule has 7 nitrogen and oxygen atoms in total. The summed E-state index contributed by atoms with van der Waals surface area (Å²) in [6, 6.07) is 13.0. The number of hydrazine groups is 1. The van der Waals surface area contributed by atoms with Crippen LogP contribution < -0.4 is 25.6 Å². The average Bonchev–Trinajstić information content (AvgIpc) is 2.70. The second-order valence-corrected chi connectivity index (χ2v) is 7.36. The third-order valence-electron chi connectivity index (χ3n) is 3.77. The zero-order chi connectivity index (χ0) is 21.2. The van der Waals surface area contributed by atoms with Crippen LogP contribution in [0, 0.1) is 6.92 Å². The van der Waals surface area contributed by atoms with E-state index in [4.69, 9.17) is 21.7 Å². The van der Waals surface area contributed by atoms with Crippen LogP contribution in [0.3, 0.4) is 0 Å². The van der Waals surface area contributed by atoms with Crippen LogP contribution in [0.5, 0.6) is 11.5 Å². The van der Waals surface area contributed by atoms with E-state index >= 15 is 0 Å². The summed E-state index contributed by atoms with van der Waals surface area (Å²) in [6.45, 7) is 3.53. The monoisotopic (exact) mass is 479 g/mol. The van der Waals surface area contributed by atoms with Crippen molar-refractivity contribution < 1.29 is 19.1 Å². The van der Waals surface area contributed by atoms with Gasteiger partial charge in [-0.25, -0.2) is 0 Å². The molecule has 0 aromatic heterocycles. The van der Waals surface area contributed by atoms with E-state index in [1.807, 2.05) is 31.2 Å². The van der Waals surface area contributed by atoms with Gasteiger partial charge in [-0.3, -0.25) is 25.8 Å². The third kappa shape index (κ3) is 8.08. The average molecular weight is 480 g/mol. The molecule has 154 valence electrons. The van der Waals surface area contributed by atoms with Crippen LogP contribution in [0.15, 0.2) is 46.9 Å². The summed E-state index contributed by atoms with van der Waals surface area (Å²) in [4.78, 5) is 23.7. The largest absolute Gasteiger partial charge is 0.484 e. The highest BCUT2D eigenvalue weighted by Gasteiger charge is 2.09. The van der Waals surface area contributed by atoms with E-state index in [1.165, 1.54) is 5.56 Å². The molecule has 2 rings (SSSR count). The first-order chi connectivity index (χ1) is 13.9. The number of thiocarbonyl (C=S) groups is 1. The number of hydrogen-bond donors (Lipinski definition) is 3. The number of ether oxygens (including phenoxy) is 2. The van der Waals surface area contributed by atoms with Crippen molar-refractivity contribution in [3.05, 3.63) is 58.1 Å². The van der Waals surface area contributed by atoms with Crippen molar-refractivity contribution in [3.8, 4) is 11.5 Å². The number of hydrogen-bond acceptors (Lipinski definition) is 5. The fourth-order valence-corrected chi connectivity index (χ4v) is 2.89. The Labute approximate surface area is 183 Å². The van der Waals surface area contributed by atoms with E-state index in [2.05, 4.69) is 39.0 Å². The van der Waals surface area contributed by atoms with Crippen molar-refractivity contribution in [3.63, 3.8) is 0 Å². The van der Waals surface area contributed by atoms with Crippen LogP contribution in [0.25, 0.3) is 0 Å². The first-order valence-electron chi connectivity index (χ1n) is 8.86. The Bertz CT molecular complexity index is 875. The van der Waals surface area contributed by atoms with Crippen LogP contribution in [-0.2, 0) is 16.0 Å². The molecule has 0 bridgehead atoms. The second-order valence-electron chi connectivity index (χ2n) is 6.04. The highest BCUT2D eigenvalue weighted by atomic mass is 79.9. The summed E-state index contributed by atoms with van der Waals surface area (Å²) in [5.41, 5.74) is 6.87. The maximum absolute atomic E-state index is 11.9. The highest BCUT2D eigenvalue weighted by molar-refractivity contribution is 9.10. The Morgan fingerprint density at radius 1 is 1.00 bits per heavy atom. The molecule has 0 heterocycles. The van der Waals surface area contributed by atoms with E-state index < -0.39 is 11.8 Å². The van der Waals surface area contributed by atoms with E-state index in [-0.39, 0.29) is 18.3 Å². The molecular weight excluding hydrogens is 458 g/mol. The SMILES string of the molecule is CCc1ccc(OCC(=O)NNC(=S)NC(=O)COc2ccc(Br)cc2C)cc1. The van der Waals surface area contributed by atoms with Gasteiger partial charge in [0.1, 0.15) is 11.5 Å². The van der Waals surface area contributed by atoms with Crippen molar-refractivity contribution in [2.24, 2.45) is 0 Å². The van der Waals surface area contributed by atoms with Gasteiger partial charge in [0.15, 0.2) is 18.3 Å². The Hall–Kier alpha value is -2.65. The Kier molecular flexibility index (Phi) is 8.88. The summed E-state index contributed by atoms with van der Waals surface area (Å²) in [6.07, 6.45) is 0.932. The Morgan fingerprint density at radius 2 is 1.69 bits per heavy atom. The lowest BCUT2D eigenvalue weighted by atomic mass is 10.2. The Balaban J connectivity index is 1.66. The number of aryl methyl sites for hydroxylation is 2. The van der Waals surface area contributed by atoms with Gasteiger partial charge in [-0.05, 0) is 67.0 Å². The van der Waals surface area contributed by atoms with E-state index in [0.29, 0.717) is 11.5 Å². The predicted molar refractivity (Wildman–Crippen MR) is 118 cm³/mol. The van der Waals surface area contributed by atoms with Gasteiger partial charge in [0.2, 0.25) is 0 Å². The highest BCUT2D eigenvalue weighted by Crippen LogP contribution is 2.21. The molecule has 0 saturated carbocycles. The molecule has 0 radical (unpaired) electrons. The molecule has 0 aliphatic heterocycles. The number of benzene rings is 2. The maximum atomic E-state index is 11.9. The molecule has 3 N–H and O–H groups in total. The number of carbonyl (C=O) groups is 2. The molecule has 29 heavy (non-hydrogen) atoms. The van der Waals surface area contributed by atoms with Crippen molar-refractivity contribution in [2.75, 3.05) is 13.2 Å². The molecule has 0 unspecified atom stereocenters. The van der Waals surface area contributed by atoms with E-state index in [9.17, 15) is 9.59 Å². The standard InChI is InChI=1S/C20H22BrN3O4S/c1-3-14-4-7-16(8-5-14)27-12-19(26)23-24-20(29)22-18(25)11-28-17-9-6-15(21)10-13(17)2/h4-10H,3,11-12H2,1-2H3,(H,23,26)(H2,22,24,25,29). The molecule has 0 aliphatic rings. The fraction of sp³-hybridized carbons (Fsp3) is 0.250. The van der Waals surface area contributed by atoms with Gasteiger partial charge in [0, 0.05) is 4.47 Å². The minimum absolute atomic E-state index is 0.0493. The predicted octanol–water partition coefficient (Wildman–Crippen LogP) is 2.80. The minimum Gasteiger partial charge on any atom is -0.484 e. The summed E-state index contributed by atoms with van der Waals surface area (Å²) >= 11 is 8.33. The summed E-state index contributed by atoms with van der Waals surface area (Å²) in [5.74, 6) is 0.294. The van der Waals surface area contributed by atoms with E-state index in [1.54, 1.807) is 18.2 Å². The molecule has 0 spiro atoms. The number of amides is 2. The van der Waals surface area contributed by atoms with Gasteiger partial charge >= 0.3 is 0 Å². The van der Waals surface area contributed by atoms with Crippen LogP contribution in [-0.4, -0.2) is 30.1 Å². The summed E-state index contributed by atoms with van der Waals surface area (Å²) < 4.78 is 11.8. The zero-order valence-electron chi connectivity index (χ0n) is 16.1. The van der Waals surface area contributed by atoms with Gasteiger partial charge in [-0.15, -0.1) is 0 Å². The third-order valence-corrected chi connectivity index (χ3v) is 4.46. The van der Waals surface area contributed by atoms with Gasteiger partial charge in [-0.1, -0.05) is 35.0 Å².